The highest BCUT2D eigenvalue weighted by Crippen LogP contribution is 2.13. The van der Waals surface area contributed by atoms with Gasteiger partial charge in [-0.2, -0.15) is 0 Å². The number of carbonyl (C=O) groups excluding carboxylic acids is 1. The molecule has 20 heavy (non-hydrogen) atoms. The molecule has 2 N–H and O–H groups in total. The van der Waals surface area contributed by atoms with Crippen LogP contribution in [0.3, 0.4) is 0 Å². The molecule has 1 unspecified atom stereocenters. The zero-order valence-corrected chi connectivity index (χ0v) is 11.7. The second kappa shape index (κ2) is 6.79. The third-order valence-corrected chi connectivity index (χ3v) is 3.77. The van der Waals surface area contributed by atoms with Crippen LogP contribution in [0.15, 0.2) is 18.2 Å². The molecule has 1 aromatic rings. The smallest absolute Gasteiger partial charge is 0.230 e. The van der Waals surface area contributed by atoms with E-state index in [1.165, 1.54) is 23.8 Å². The summed E-state index contributed by atoms with van der Waals surface area (Å²) in [6.07, 6.45) is 2.88. The van der Waals surface area contributed by atoms with Gasteiger partial charge in [0.1, 0.15) is 0 Å². The molecule has 1 amide bonds. The van der Waals surface area contributed by atoms with Crippen LogP contribution in [0.2, 0.25) is 0 Å². The van der Waals surface area contributed by atoms with E-state index in [2.05, 4.69) is 12.2 Å². The van der Waals surface area contributed by atoms with Gasteiger partial charge in [0.05, 0.1) is 26.1 Å². The van der Waals surface area contributed by atoms with E-state index >= 15 is 0 Å². The van der Waals surface area contributed by atoms with Gasteiger partial charge >= 0.3 is 0 Å². The number of rotatable bonds is 4. The van der Waals surface area contributed by atoms with Crippen molar-refractivity contribution >= 4 is 11.6 Å². The predicted molar refractivity (Wildman–Crippen MR) is 73.6 cm³/mol. The number of nitrogens with one attached hydrogen (secondary N) is 2. The average molecular weight is 283 g/mol. The lowest BCUT2D eigenvalue weighted by Crippen LogP contribution is -3.13. The lowest BCUT2D eigenvalue weighted by molar-refractivity contribution is -0.907. The van der Waals surface area contributed by atoms with E-state index in [0.717, 1.165) is 31.8 Å². The molecule has 1 aromatic carbocycles. The van der Waals surface area contributed by atoms with Crippen molar-refractivity contribution in [3.8, 4) is 0 Å². The van der Waals surface area contributed by atoms with E-state index < -0.39 is 11.6 Å². The van der Waals surface area contributed by atoms with Crippen LogP contribution in [0.25, 0.3) is 0 Å². The first-order valence-corrected chi connectivity index (χ1v) is 7.13. The maximum atomic E-state index is 13.0. The summed E-state index contributed by atoms with van der Waals surface area (Å²) in [4.78, 5) is 13.2. The fourth-order valence-corrected chi connectivity index (χ4v) is 2.71. The van der Waals surface area contributed by atoms with Gasteiger partial charge in [-0.1, -0.05) is 6.92 Å². The Morgan fingerprint density at radius 2 is 2.20 bits per heavy atom. The highest BCUT2D eigenvalue weighted by Gasteiger charge is 2.20. The van der Waals surface area contributed by atoms with Crippen LogP contribution in [-0.2, 0) is 4.79 Å². The van der Waals surface area contributed by atoms with Crippen LogP contribution in [0.5, 0.6) is 0 Å². The number of carbonyl (C=O) groups is 1. The SMILES string of the molecule is C[C@@H]1CCC[NH+](CCC(=O)Nc2ccc(F)c(F)c2)C1. The number of hydrogen-bond donors (Lipinski definition) is 2. The molecule has 1 saturated heterocycles. The number of piperidine rings is 1. The van der Waals surface area contributed by atoms with Gasteiger partial charge in [0.2, 0.25) is 5.91 Å². The van der Waals surface area contributed by atoms with Crippen molar-refractivity contribution in [2.24, 2.45) is 5.92 Å². The second-order valence-electron chi connectivity index (χ2n) is 5.63. The van der Waals surface area contributed by atoms with E-state index in [9.17, 15) is 13.6 Å². The molecular weight excluding hydrogens is 262 g/mol. The van der Waals surface area contributed by atoms with Crippen molar-refractivity contribution in [2.75, 3.05) is 25.0 Å². The van der Waals surface area contributed by atoms with Gasteiger partial charge in [-0.15, -0.1) is 0 Å². The lowest BCUT2D eigenvalue weighted by Gasteiger charge is -2.27. The summed E-state index contributed by atoms with van der Waals surface area (Å²) in [5, 5.41) is 2.60. The molecule has 2 atom stereocenters. The largest absolute Gasteiger partial charge is 0.334 e. The van der Waals surface area contributed by atoms with Crippen molar-refractivity contribution < 1.29 is 18.5 Å². The third kappa shape index (κ3) is 4.27. The molecule has 3 nitrogen and oxygen atoms in total. The fraction of sp³-hybridized carbons (Fsp3) is 0.533. The molecule has 2 rings (SSSR count). The van der Waals surface area contributed by atoms with E-state index in [4.69, 9.17) is 0 Å². The van der Waals surface area contributed by atoms with Crippen LogP contribution >= 0.6 is 0 Å². The van der Waals surface area contributed by atoms with Gasteiger partial charge < -0.3 is 10.2 Å². The van der Waals surface area contributed by atoms with Crippen LogP contribution in [0.4, 0.5) is 14.5 Å². The third-order valence-electron chi connectivity index (χ3n) is 3.77. The summed E-state index contributed by atoms with van der Waals surface area (Å²) in [5.41, 5.74) is 0.302. The van der Waals surface area contributed by atoms with Gasteiger partial charge in [0, 0.05) is 17.7 Å². The van der Waals surface area contributed by atoms with Crippen LogP contribution in [0, 0.1) is 17.6 Å². The van der Waals surface area contributed by atoms with E-state index in [0.29, 0.717) is 18.0 Å². The molecule has 0 radical (unpaired) electrons. The minimum absolute atomic E-state index is 0.151. The van der Waals surface area contributed by atoms with Crippen LogP contribution < -0.4 is 10.2 Å². The first-order valence-electron chi connectivity index (χ1n) is 7.13. The zero-order chi connectivity index (χ0) is 14.5. The minimum atomic E-state index is -0.946. The Labute approximate surface area is 118 Å². The van der Waals surface area contributed by atoms with Crippen molar-refractivity contribution in [3.05, 3.63) is 29.8 Å². The number of quaternary nitrogens is 1. The molecule has 0 bridgehead atoms. The number of amides is 1. The molecule has 1 aliphatic heterocycles. The molecule has 1 heterocycles. The maximum absolute atomic E-state index is 13.0. The Balaban J connectivity index is 1.78. The van der Waals surface area contributed by atoms with Gasteiger partial charge in [0.15, 0.2) is 11.6 Å². The molecule has 1 aliphatic rings. The van der Waals surface area contributed by atoms with Crippen molar-refractivity contribution in [1.29, 1.82) is 0 Å². The van der Waals surface area contributed by atoms with Crippen molar-refractivity contribution in [3.63, 3.8) is 0 Å². The number of halogens is 2. The number of anilines is 1. The number of hydrogen-bond acceptors (Lipinski definition) is 1. The summed E-state index contributed by atoms with van der Waals surface area (Å²) in [5.74, 6) is -1.29. The molecular formula is C15H21F2N2O+. The summed E-state index contributed by atoms with van der Waals surface area (Å²) in [6.45, 7) is 5.25. The fourth-order valence-electron chi connectivity index (χ4n) is 2.71. The van der Waals surface area contributed by atoms with Gasteiger partial charge in [0.25, 0.3) is 0 Å². The van der Waals surface area contributed by atoms with Gasteiger partial charge in [-0.05, 0) is 25.0 Å². The summed E-state index contributed by atoms with van der Waals surface area (Å²) in [7, 11) is 0. The molecule has 110 valence electrons. The normalized spacial score (nSPS) is 22.6. The Morgan fingerprint density at radius 3 is 2.90 bits per heavy atom. The van der Waals surface area contributed by atoms with E-state index in [1.807, 2.05) is 0 Å². The van der Waals surface area contributed by atoms with E-state index in [1.54, 1.807) is 0 Å². The average Bonchev–Trinajstić information content (AvgIpc) is 2.41. The summed E-state index contributed by atoms with van der Waals surface area (Å²) < 4.78 is 25.8. The molecule has 0 saturated carbocycles. The Kier molecular flexibility index (Phi) is 5.06. The molecule has 5 heteroatoms. The first-order chi connectivity index (χ1) is 9.54. The molecule has 1 fully saturated rings. The molecule has 0 aliphatic carbocycles. The molecule has 0 aromatic heterocycles. The minimum Gasteiger partial charge on any atom is -0.334 e. The Hall–Kier alpha value is -1.49. The summed E-state index contributed by atoms with van der Waals surface area (Å²) >= 11 is 0. The van der Waals surface area contributed by atoms with Crippen LogP contribution in [-0.4, -0.2) is 25.5 Å². The predicted octanol–water partition coefficient (Wildman–Crippen LogP) is 1.61. The number of benzene rings is 1. The van der Waals surface area contributed by atoms with Gasteiger partial charge in [-0.3, -0.25) is 4.79 Å². The first kappa shape index (κ1) is 14.9. The van der Waals surface area contributed by atoms with Gasteiger partial charge in [-0.25, -0.2) is 8.78 Å². The highest BCUT2D eigenvalue weighted by atomic mass is 19.2. The summed E-state index contributed by atoms with van der Waals surface area (Å²) in [6, 6.07) is 3.39. The van der Waals surface area contributed by atoms with Crippen LogP contribution in [0.1, 0.15) is 26.2 Å². The lowest BCUT2D eigenvalue weighted by atomic mass is 10.0. The van der Waals surface area contributed by atoms with Crippen molar-refractivity contribution in [2.45, 2.75) is 26.2 Å². The van der Waals surface area contributed by atoms with E-state index in [-0.39, 0.29) is 5.91 Å². The Bertz CT molecular complexity index is 479. The number of likely N-dealkylation sites (tertiary alicyclic amines) is 1. The monoisotopic (exact) mass is 283 g/mol. The highest BCUT2D eigenvalue weighted by molar-refractivity contribution is 5.90. The maximum Gasteiger partial charge on any atom is 0.230 e. The van der Waals surface area contributed by atoms with Crippen molar-refractivity contribution in [1.82, 2.24) is 0 Å². The quantitative estimate of drug-likeness (QED) is 0.865. The second-order valence-corrected chi connectivity index (χ2v) is 5.63. The zero-order valence-electron chi connectivity index (χ0n) is 11.7. The Morgan fingerprint density at radius 1 is 1.40 bits per heavy atom. The molecule has 0 spiro atoms. The topological polar surface area (TPSA) is 33.5 Å². The standard InChI is InChI=1S/C15H20F2N2O/c1-11-3-2-7-19(10-11)8-6-15(20)18-12-4-5-13(16)14(17)9-12/h4-5,9,11H,2-3,6-8,10H2,1H3,(H,18,20)/p+1/t11-/m1/s1.